The first-order chi connectivity index (χ1) is 9.87. The molecule has 1 aromatic carbocycles. The minimum atomic E-state index is 0.162. The Hall–Kier alpha value is -0.860. The van der Waals surface area contributed by atoms with Crippen LogP contribution in [0.5, 0.6) is 0 Å². The van der Waals surface area contributed by atoms with Gasteiger partial charge in [-0.1, -0.05) is 30.3 Å². The van der Waals surface area contributed by atoms with Crippen LogP contribution in [0.3, 0.4) is 0 Å². The minimum Gasteiger partial charge on any atom is -0.310 e. The standard InChI is InChI=1S/C19H32N2/c1-15(2)21(14-16-11-12-16)18(13-20-19(3,4)5)17-9-7-6-8-10-17/h6-10,15-16,18,20H,11-14H2,1-5H3. The summed E-state index contributed by atoms with van der Waals surface area (Å²) in [5.41, 5.74) is 1.60. The molecular formula is C19H32N2. The number of nitrogens with zero attached hydrogens (tertiary/aromatic N) is 1. The molecule has 1 aromatic rings. The van der Waals surface area contributed by atoms with Crippen LogP contribution in [0.1, 0.15) is 59.1 Å². The summed E-state index contributed by atoms with van der Waals surface area (Å²) < 4.78 is 0. The van der Waals surface area contributed by atoms with Gasteiger partial charge in [0.15, 0.2) is 0 Å². The van der Waals surface area contributed by atoms with E-state index in [-0.39, 0.29) is 5.54 Å². The van der Waals surface area contributed by atoms with Crippen LogP contribution >= 0.6 is 0 Å². The number of nitrogens with one attached hydrogen (secondary N) is 1. The third kappa shape index (κ3) is 5.44. The van der Waals surface area contributed by atoms with Crippen LogP contribution in [0.4, 0.5) is 0 Å². The molecule has 1 unspecified atom stereocenters. The van der Waals surface area contributed by atoms with E-state index in [4.69, 9.17) is 0 Å². The Labute approximate surface area is 130 Å². The summed E-state index contributed by atoms with van der Waals surface area (Å²) >= 11 is 0. The predicted molar refractivity (Wildman–Crippen MR) is 91.5 cm³/mol. The molecular weight excluding hydrogens is 256 g/mol. The van der Waals surface area contributed by atoms with Gasteiger partial charge >= 0.3 is 0 Å². The van der Waals surface area contributed by atoms with Gasteiger partial charge < -0.3 is 5.32 Å². The molecule has 118 valence electrons. The molecule has 2 heteroatoms. The minimum absolute atomic E-state index is 0.162. The molecule has 0 bridgehead atoms. The topological polar surface area (TPSA) is 15.3 Å². The van der Waals surface area contributed by atoms with E-state index in [0.717, 1.165) is 12.5 Å². The zero-order chi connectivity index (χ0) is 15.5. The molecule has 0 radical (unpaired) electrons. The number of benzene rings is 1. The second-order valence-corrected chi connectivity index (χ2v) is 7.79. The van der Waals surface area contributed by atoms with Gasteiger partial charge in [-0.2, -0.15) is 0 Å². The molecule has 1 saturated carbocycles. The second kappa shape index (κ2) is 6.93. The molecule has 0 aliphatic heterocycles. The summed E-state index contributed by atoms with van der Waals surface area (Å²) in [5, 5.41) is 3.71. The molecule has 1 aliphatic rings. The molecule has 2 rings (SSSR count). The van der Waals surface area contributed by atoms with Crippen molar-refractivity contribution in [1.82, 2.24) is 10.2 Å². The highest BCUT2D eigenvalue weighted by atomic mass is 15.2. The molecule has 0 spiro atoms. The van der Waals surface area contributed by atoms with Gasteiger partial charge in [0.25, 0.3) is 0 Å². The summed E-state index contributed by atoms with van der Waals surface area (Å²) in [7, 11) is 0. The Morgan fingerprint density at radius 2 is 1.76 bits per heavy atom. The Kier molecular flexibility index (Phi) is 5.45. The van der Waals surface area contributed by atoms with Crippen molar-refractivity contribution in [3.05, 3.63) is 35.9 Å². The average Bonchev–Trinajstić information content (AvgIpc) is 3.21. The molecule has 1 fully saturated rings. The van der Waals surface area contributed by atoms with Gasteiger partial charge in [-0.3, -0.25) is 4.90 Å². The zero-order valence-electron chi connectivity index (χ0n) is 14.4. The normalized spacial score (nSPS) is 17.5. The molecule has 1 atom stereocenters. The van der Waals surface area contributed by atoms with Crippen molar-refractivity contribution in [2.24, 2.45) is 5.92 Å². The molecule has 0 amide bonds. The largest absolute Gasteiger partial charge is 0.310 e. The summed E-state index contributed by atoms with van der Waals surface area (Å²) in [5.74, 6) is 0.924. The third-order valence-electron chi connectivity index (χ3n) is 4.24. The van der Waals surface area contributed by atoms with E-state index in [9.17, 15) is 0 Å². The molecule has 0 heterocycles. The van der Waals surface area contributed by atoms with Crippen molar-refractivity contribution >= 4 is 0 Å². The van der Waals surface area contributed by atoms with Crippen LogP contribution in [-0.2, 0) is 0 Å². The highest BCUT2D eigenvalue weighted by Crippen LogP contribution is 2.34. The van der Waals surface area contributed by atoms with E-state index in [0.29, 0.717) is 12.1 Å². The monoisotopic (exact) mass is 288 g/mol. The fourth-order valence-corrected chi connectivity index (χ4v) is 2.80. The van der Waals surface area contributed by atoms with Crippen molar-refractivity contribution in [1.29, 1.82) is 0 Å². The van der Waals surface area contributed by atoms with Crippen molar-refractivity contribution in [2.75, 3.05) is 13.1 Å². The SMILES string of the molecule is CC(C)N(CC1CC1)C(CNC(C)(C)C)c1ccccc1. The molecule has 0 aromatic heterocycles. The van der Waals surface area contributed by atoms with Crippen LogP contribution in [0.2, 0.25) is 0 Å². The van der Waals surface area contributed by atoms with Gasteiger partial charge in [0.05, 0.1) is 0 Å². The van der Waals surface area contributed by atoms with Crippen LogP contribution in [0.25, 0.3) is 0 Å². The average molecular weight is 288 g/mol. The Balaban J connectivity index is 2.16. The first-order valence-corrected chi connectivity index (χ1v) is 8.42. The molecule has 1 aliphatic carbocycles. The molecule has 2 nitrogen and oxygen atoms in total. The van der Waals surface area contributed by atoms with E-state index >= 15 is 0 Å². The fourth-order valence-electron chi connectivity index (χ4n) is 2.80. The van der Waals surface area contributed by atoms with E-state index in [2.05, 4.69) is 75.2 Å². The van der Waals surface area contributed by atoms with Gasteiger partial charge in [-0.25, -0.2) is 0 Å². The smallest absolute Gasteiger partial charge is 0.0475 e. The molecule has 1 N–H and O–H groups in total. The maximum absolute atomic E-state index is 3.71. The quantitative estimate of drug-likeness (QED) is 0.807. The van der Waals surface area contributed by atoms with E-state index < -0.39 is 0 Å². The van der Waals surface area contributed by atoms with Crippen LogP contribution < -0.4 is 5.32 Å². The first-order valence-electron chi connectivity index (χ1n) is 8.42. The van der Waals surface area contributed by atoms with Crippen molar-refractivity contribution in [2.45, 2.75) is 65.1 Å². The van der Waals surface area contributed by atoms with Gasteiger partial charge in [-0.05, 0) is 58.9 Å². The zero-order valence-corrected chi connectivity index (χ0v) is 14.4. The fraction of sp³-hybridized carbons (Fsp3) is 0.684. The number of hydrogen-bond acceptors (Lipinski definition) is 2. The van der Waals surface area contributed by atoms with Gasteiger partial charge in [0.1, 0.15) is 0 Å². The molecule has 21 heavy (non-hydrogen) atoms. The Morgan fingerprint density at radius 3 is 2.24 bits per heavy atom. The van der Waals surface area contributed by atoms with E-state index in [1.165, 1.54) is 24.9 Å². The lowest BCUT2D eigenvalue weighted by molar-refractivity contribution is 0.136. The van der Waals surface area contributed by atoms with Crippen molar-refractivity contribution in [3.63, 3.8) is 0 Å². The Morgan fingerprint density at radius 1 is 1.14 bits per heavy atom. The maximum Gasteiger partial charge on any atom is 0.0475 e. The number of hydrogen-bond donors (Lipinski definition) is 1. The summed E-state index contributed by atoms with van der Waals surface area (Å²) in [6, 6.07) is 12.0. The van der Waals surface area contributed by atoms with Crippen LogP contribution in [0, 0.1) is 5.92 Å². The summed E-state index contributed by atoms with van der Waals surface area (Å²) in [6.07, 6.45) is 2.83. The highest BCUT2D eigenvalue weighted by Gasteiger charge is 2.30. The lowest BCUT2D eigenvalue weighted by atomic mass is 10.0. The van der Waals surface area contributed by atoms with E-state index in [1.54, 1.807) is 0 Å². The van der Waals surface area contributed by atoms with Crippen molar-refractivity contribution < 1.29 is 0 Å². The lowest BCUT2D eigenvalue weighted by Gasteiger charge is -2.37. The summed E-state index contributed by atoms with van der Waals surface area (Å²) in [4.78, 5) is 2.69. The van der Waals surface area contributed by atoms with Crippen LogP contribution in [0.15, 0.2) is 30.3 Å². The Bertz CT molecular complexity index is 415. The van der Waals surface area contributed by atoms with Gasteiger partial charge in [0.2, 0.25) is 0 Å². The lowest BCUT2D eigenvalue weighted by Crippen LogP contribution is -2.45. The summed E-state index contributed by atoms with van der Waals surface area (Å²) in [6.45, 7) is 13.6. The van der Waals surface area contributed by atoms with Gasteiger partial charge in [-0.15, -0.1) is 0 Å². The third-order valence-corrected chi connectivity index (χ3v) is 4.24. The number of rotatable bonds is 7. The van der Waals surface area contributed by atoms with Crippen molar-refractivity contribution in [3.8, 4) is 0 Å². The maximum atomic E-state index is 3.71. The molecule has 0 saturated heterocycles. The highest BCUT2D eigenvalue weighted by molar-refractivity contribution is 5.20. The second-order valence-electron chi connectivity index (χ2n) is 7.79. The van der Waals surface area contributed by atoms with Gasteiger partial charge in [0, 0.05) is 30.7 Å². The van der Waals surface area contributed by atoms with Crippen LogP contribution in [-0.4, -0.2) is 29.6 Å². The van der Waals surface area contributed by atoms with E-state index in [1.807, 2.05) is 0 Å². The predicted octanol–water partition coefficient (Wildman–Crippen LogP) is 4.24. The first kappa shape index (κ1) is 16.5.